The number of rotatable bonds is 1. The van der Waals surface area contributed by atoms with E-state index in [1.54, 1.807) is 0 Å². The minimum Gasteiger partial charge on any atom is -0.463 e. The summed E-state index contributed by atoms with van der Waals surface area (Å²) in [5.41, 5.74) is 7.45. The highest BCUT2D eigenvalue weighted by atomic mass is 16.5. The van der Waals surface area contributed by atoms with Crippen molar-refractivity contribution in [3.05, 3.63) is 29.6 Å². The first kappa shape index (κ1) is 8.04. The molecule has 1 aliphatic rings. The summed E-state index contributed by atoms with van der Waals surface area (Å²) in [5.74, 6) is 0. The van der Waals surface area contributed by atoms with Crippen molar-refractivity contribution in [2.24, 2.45) is 10.7 Å². The van der Waals surface area contributed by atoms with Crippen molar-refractivity contribution >= 4 is 6.02 Å². The molecule has 0 aromatic carbocycles. The predicted octanol–water partition coefficient (Wildman–Crippen LogP) is 0.776. The van der Waals surface area contributed by atoms with Crippen LogP contribution in [0.2, 0.25) is 0 Å². The number of hydrogen-bond acceptors (Lipinski definition) is 4. The van der Waals surface area contributed by atoms with Crippen molar-refractivity contribution in [3.8, 4) is 0 Å². The van der Waals surface area contributed by atoms with Crippen LogP contribution in [0.1, 0.15) is 17.3 Å². The van der Waals surface area contributed by atoms with Crippen LogP contribution in [0.3, 0.4) is 0 Å². The van der Waals surface area contributed by atoms with Gasteiger partial charge >= 0.3 is 0 Å². The molecule has 1 aliphatic heterocycles. The topological polar surface area (TPSA) is 60.5 Å². The average Bonchev–Trinajstić information content (AvgIpc) is 2.53. The molecule has 0 saturated heterocycles. The summed E-state index contributed by atoms with van der Waals surface area (Å²) in [5, 5.41) is 0. The van der Waals surface area contributed by atoms with Crippen LogP contribution in [0.5, 0.6) is 0 Å². The van der Waals surface area contributed by atoms with Gasteiger partial charge in [0.1, 0.15) is 12.6 Å². The Labute approximate surface area is 76.5 Å². The van der Waals surface area contributed by atoms with E-state index in [1.807, 2.05) is 25.3 Å². The smallest absolute Gasteiger partial charge is 0.282 e. The van der Waals surface area contributed by atoms with Gasteiger partial charge in [-0.3, -0.25) is 4.98 Å². The molecule has 2 heterocycles. The van der Waals surface area contributed by atoms with Gasteiger partial charge in [0.25, 0.3) is 6.02 Å². The fourth-order valence-electron chi connectivity index (χ4n) is 1.24. The molecule has 1 aromatic rings. The third-order valence-corrected chi connectivity index (χ3v) is 1.99. The number of ether oxygens (including phenoxy) is 1. The molecule has 4 nitrogen and oxygen atoms in total. The van der Waals surface area contributed by atoms with Crippen molar-refractivity contribution in [3.63, 3.8) is 0 Å². The van der Waals surface area contributed by atoms with Crippen molar-refractivity contribution in [1.82, 2.24) is 4.98 Å². The van der Waals surface area contributed by atoms with Crippen LogP contribution in [0, 0.1) is 6.92 Å². The average molecular weight is 177 g/mol. The summed E-state index contributed by atoms with van der Waals surface area (Å²) < 4.78 is 5.05. The van der Waals surface area contributed by atoms with Crippen molar-refractivity contribution < 1.29 is 4.74 Å². The highest BCUT2D eigenvalue weighted by molar-refractivity contribution is 5.73. The molecule has 1 atom stereocenters. The first-order valence-electron chi connectivity index (χ1n) is 4.14. The number of aryl methyl sites for hydroxylation is 1. The molecule has 4 heteroatoms. The van der Waals surface area contributed by atoms with Crippen LogP contribution in [-0.4, -0.2) is 17.6 Å². The number of hydrogen-bond donors (Lipinski definition) is 1. The summed E-state index contributed by atoms with van der Waals surface area (Å²) in [6.45, 7) is 2.48. The van der Waals surface area contributed by atoms with Gasteiger partial charge in [0, 0.05) is 11.9 Å². The minimum absolute atomic E-state index is 0.0214. The standard InChI is InChI=1S/C9H11N3O/c1-6-2-3-7(4-11-6)8-5-13-9(10)12-8/h2-4,8H,5H2,1H3,(H2,10,12). The lowest BCUT2D eigenvalue weighted by Crippen LogP contribution is -2.10. The third kappa shape index (κ3) is 1.61. The molecular weight excluding hydrogens is 166 g/mol. The molecule has 0 fully saturated rings. The van der Waals surface area contributed by atoms with Crippen LogP contribution in [0.25, 0.3) is 0 Å². The summed E-state index contributed by atoms with van der Waals surface area (Å²) in [4.78, 5) is 8.30. The van der Waals surface area contributed by atoms with E-state index in [9.17, 15) is 0 Å². The Bertz CT molecular complexity index is 331. The van der Waals surface area contributed by atoms with Gasteiger partial charge in [0.15, 0.2) is 0 Å². The fraction of sp³-hybridized carbons (Fsp3) is 0.333. The summed E-state index contributed by atoms with van der Waals surface area (Å²) in [7, 11) is 0. The van der Waals surface area contributed by atoms with Gasteiger partial charge in [0.05, 0.1) is 0 Å². The van der Waals surface area contributed by atoms with Crippen molar-refractivity contribution in [1.29, 1.82) is 0 Å². The maximum absolute atomic E-state index is 5.40. The van der Waals surface area contributed by atoms with Crippen molar-refractivity contribution in [2.75, 3.05) is 6.61 Å². The van der Waals surface area contributed by atoms with E-state index in [0.29, 0.717) is 6.61 Å². The van der Waals surface area contributed by atoms with E-state index in [4.69, 9.17) is 10.5 Å². The summed E-state index contributed by atoms with van der Waals surface area (Å²) in [6, 6.07) is 4.25. The molecule has 0 aliphatic carbocycles. The molecule has 1 unspecified atom stereocenters. The van der Waals surface area contributed by atoms with Crippen LogP contribution >= 0.6 is 0 Å². The number of amidine groups is 1. The Hall–Kier alpha value is -1.58. The number of pyridine rings is 1. The van der Waals surface area contributed by atoms with E-state index >= 15 is 0 Å². The summed E-state index contributed by atoms with van der Waals surface area (Å²) in [6.07, 6.45) is 1.81. The zero-order valence-electron chi connectivity index (χ0n) is 7.40. The third-order valence-electron chi connectivity index (χ3n) is 1.99. The molecule has 0 radical (unpaired) electrons. The Kier molecular flexibility index (Phi) is 1.88. The van der Waals surface area contributed by atoms with Crippen LogP contribution in [0.4, 0.5) is 0 Å². The molecular formula is C9H11N3O. The summed E-state index contributed by atoms with van der Waals surface area (Å²) >= 11 is 0. The maximum Gasteiger partial charge on any atom is 0.282 e. The molecule has 0 amide bonds. The van der Waals surface area contributed by atoms with Gasteiger partial charge in [0.2, 0.25) is 0 Å². The van der Waals surface area contributed by atoms with Crippen LogP contribution in [0.15, 0.2) is 23.3 Å². The monoisotopic (exact) mass is 177 g/mol. The molecule has 68 valence electrons. The number of aromatic nitrogens is 1. The van der Waals surface area contributed by atoms with Gasteiger partial charge < -0.3 is 10.5 Å². The first-order valence-corrected chi connectivity index (χ1v) is 4.14. The van der Waals surface area contributed by atoms with Gasteiger partial charge in [-0.1, -0.05) is 6.07 Å². The Morgan fingerprint density at radius 2 is 2.38 bits per heavy atom. The van der Waals surface area contributed by atoms with E-state index in [1.165, 1.54) is 0 Å². The Morgan fingerprint density at radius 3 is 2.92 bits per heavy atom. The molecule has 0 bridgehead atoms. The fourth-order valence-corrected chi connectivity index (χ4v) is 1.24. The number of nitrogens with two attached hydrogens (primary N) is 1. The van der Waals surface area contributed by atoms with E-state index < -0.39 is 0 Å². The van der Waals surface area contributed by atoms with Gasteiger partial charge in [-0.25, -0.2) is 4.99 Å². The zero-order valence-corrected chi connectivity index (χ0v) is 7.40. The van der Waals surface area contributed by atoms with E-state index in [0.717, 1.165) is 11.3 Å². The lowest BCUT2D eigenvalue weighted by molar-refractivity contribution is 0.315. The normalized spacial score (nSPS) is 21.0. The second kappa shape index (κ2) is 3.05. The largest absolute Gasteiger partial charge is 0.463 e. The SMILES string of the molecule is Cc1ccc(C2COC(N)=N2)cn1. The molecule has 0 spiro atoms. The second-order valence-electron chi connectivity index (χ2n) is 3.03. The predicted molar refractivity (Wildman–Crippen MR) is 49.3 cm³/mol. The maximum atomic E-state index is 5.40. The quantitative estimate of drug-likeness (QED) is 0.689. The van der Waals surface area contributed by atoms with Gasteiger partial charge in [-0.05, 0) is 18.6 Å². The van der Waals surface area contributed by atoms with E-state index in [2.05, 4.69) is 9.98 Å². The number of nitrogens with zero attached hydrogens (tertiary/aromatic N) is 2. The molecule has 13 heavy (non-hydrogen) atoms. The molecule has 1 aromatic heterocycles. The lowest BCUT2D eigenvalue weighted by atomic mass is 10.1. The molecule has 0 saturated carbocycles. The highest BCUT2D eigenvalue weighted by Crippen LogP contribution is 2.20. The highest BCUT2D eigenvalue weighted by Gasteiger charge is 2.18. The van der Waals surface area contributed by atoms with Crippen molar-refractivity contribution in [2.45, 2.75) is 13.0 Å². The zero-order chi connectivity index (χ0) is 9.26. The van der Waals surface area contributed by atoms with Gasteiger partial charge in [-0.2, -0.15) is 0 Å². The van der Waals surface area contributed by atoms with Crippen LogP contribution < -0.4 is 5.73 Å². The van der Waals surface area contributed by atoms with Gasteiger partial charge in [-0.15, -0.1) is 0 Å². The van der Waals surface area contributed by atoms with E-state index in [-0.39, 0.29) is 12.1 Å². The molecule has 2 N–H and O–H groups in total. The van der Waals surface area contributed by atoms with Crippen LogP contribution in [-0.2, 0) is 4.74 Å². The Morgan fingerprint density at radius 1 is 1.54 bits per heavy atom. The number of aliphatic imine (C=N–C) groups is 1. The Balaban J connectivity index is 2.22. The first-order chi connectivity index (χ1) is 6.25. The molecule has 2 rings (SSSR count). The minimum atomic E-state index is 0.0214. The second-order valence-corrected chi connectivity index (χ2v) is 3.03. The lowest BCUT2D eigenvalue weighted by Gasteiger charge is -2.03.